The summed E-state index contributed by atoms with van der Waals surface area (Å²) in [6.07, 6.45) is 1.61. The Kier molecular flexibility index (Phi) is 7.64. The van der Waals surface area contributed by atoms with Gasteiger partial charge in [0.25, 0.3) is 0 Å². The first kappa shape index (κ1) is 30.0. The molecular weight excluding hydrogens is 578 g/mol. The van der Waals surface area contributed by atoms with Crippen LogP contribution in [0.3, 0.4) is 0 Å². The number of Topliss-reactive ketones (excluding diaryl/α,β-unsaturated/α-hetero) is 2. The van der Waals surface area contributed by atoms with Gasteiger partial charge in [-0.3, -0.25) is 14.4 Å². The molecule has 0 unspecified atom stereocenters. The molecule has 0 radical (unpaired) electrons. The minimum absolute atomic E-state index is 0.0415. The van der Waals surface area contributed by atoms with E-state index >= 15 is 0 Å². The summed E-state index contributed by atoms with van der Waals surface area (Å²) in [6, 6.07) is 12.1. The van der Waals surface area contributed by atoms with Gasteiger partial charge in [-0.05, 0) is 65.6 Å². The number of nitrogens with zero attached hydrogens (tertiary/aromatic N) is 1. The van der Waals surface area contributed by atoms with Gasteiger partial charge in [0.2, 0.25) is 0 Å². The minimum atomic E-state index is -4.11. The second-order valence-corrected chi connectivity index (χ2v) is 14.9. The van der Waals surface area contributed by atoms with Crippen LogP contribution >= 0.6 is 11.6 Å². The molecule has 3 aliphatic rings. The molecule has 5 rings (SSSR count). The van der Waals surface area contributed by atoms with Crippen molar-refractivity contribution in [3.63, 3.8) is 0 Å². The number of halogens is 1. The fourth-order valence-electron chi connectivity index (χ4n) is 6.35. The lowest BCUT2D eigenvalue weighted by atomic mass is 9.63. The molecule has 0 saturated heterocycles. The molecule has 0 aromatic heterocycles. The number of carbonyl (C=O) groups is 3. The minimum Gasteiger partial charge on any atom is -0.481 e. The molecule has 0 amide bonds. The summed E-state index contributed by atoms with van der Waals surface area (Å²) in [7, 11) is -4.11. The Hall–Kier alpha value is -3.43. The number of hydrogen-bond donors (Lipinski definition) is 1. The van der Waals surface area contributed by atoms with E-state index in [0.29, 0.717) is 47.4 Å². The highest BCUT2D eigenvalue weighted by atomic mass is 35.5. The van der Waals surface area contributed by atoms with Gasteiger partial charge in [-0.1, -0.05) is 51.4 Å². The van der Waals surface area contributed by atoms with E-state index in [-0.39, 0.29) is 46.0 Å². The fourth-order valence-corrected chi connectivity index (χ4v) is 7.41. The van der Waals surface area contributed by atoms with Crippen LogP contribution in [0.2, 0.25) is 5.02 Å². The second-order valence-electron chi connectivity index (χ2n) is 12.9. The Morgan fingerprint density at radius 3 is 1.86 bits per heavy atom. The molecule has 2 aromatic carbocycles. The molecular formula is C32H34ClNO7S. The maximum Gasteiger partial charge on any atom is 0.339 e. The quantitative estimate of drug-likeness (QED) is 0.364. The fraction of sp³-hybridized carbons (Fsp3) is 0.406. The molecule has 42 heavy (non-hydrogen) atoms. The van der Waals surface area contributed by atoms with Gasteiger partial charge in [0.1, 0.15) is 10.6 Å². The van der Waals surface area contributed by atoms with E-state index in [1.165, 1.54) is 36.4 Å². The van der Waals surface area contributed by atoms with Gasteiger partial charge in [-0.25, -0.2) is 0 Å². The molecule has 1 aliphatic heterocycles. The molecule has 0 bridgehead atoms. The number of carboxylic acid groups (broad SMARTS) is 1. The van der Waals surface area contributed by atoms with Crippen LogP contribution in [0.15, 0.2) is 76.0 Å². The van der Waals surface area contributed by atoms with Crippen LogP contribution < -0.4 is 4.18 Å². The van der Waals surface area contributed by atoms with Gasteiger partial charge in [-0.15, -0.1) is 0 Å². The second kappa shape index (κ2) is 10.7. The molecule has 0 saturated carbocycles. The molecule has 8 nitrogen and oxygen atoms in total. The van der Waals surface area contributed by atoms with Crippen molar-refractivity contribution in [3.8, 4) is 5.75 Å². The van der Waals surface area contributed by atoms with E-state index in [4.69, 9.17) is 15.8 Å². The third-order valence-electron chi connectivity index (χ3n) is 8.09. The van der Waals surface area contributed by atoms with E-state index in [1.54, 1.807) is 12.1 Å². The first-order valence-corrected chi connectivity index (χ1v) is 15.7. The lowest BCUT2D eigenvalue weighted by Crippen LogP contribution is -2.45. The lowest BCUT2D eigenvalue weighted by molar-refractivity contribution is -0.137. The van der Waals surface area contributed by atoms with Crippen molar-refractivity contribution in [2.45, 2.75) is 70.6 Å². The molecule has 1 N–H and O–H groups in total. The number of allylic oxidation sites excluding steroid dienone is 4. The highest BCUT2D eigenvalue weighted by Gasteiger charge is 2.48. The van der Waals surface area contributed by atoms with Gasteiger partial charge >= 0.3 is 16.1 Å². The monoisotopic (exact) mass is 611 g/mol. The first-order chi connectivity index (χ1) is 19.6. The summed E-state index contributed by atoms with van der Waals surface area (Å²) < 4.78 is 31.0. The molecule has 222 valence electrons. The Bertz CT molecular complexity index is 1580. The predicted octanol–water partition coefficient (Wildman–Crippen LogP) is 6.27. The summed E-state index contributed by atoms with van der Waals surface area (Å²) in [4.78, 5) is 41.1. The number of ketones is 2. The maximum absolute atomic E-state index is 13.8. The average Bonchev–Trinajstić information content (AvgIpc) is 2.86. The van der Waals surface area contributed by atoms with E-state index in [2.05, 4.69) is 0 Å². The van der Waals surface area contributed by atoms with Crippen LogP contribution in [-0.4, -0.2) is 42.5 Å². The van der Waals surface area contributed by atoms with Crippen molar-refractivity contribution >= 4 is 39.3 Å². The number of hydrogen-bond acceptors (Lipinski definition) is 7. The summed E-state index contributed by atoms with van der Waals surface area (Å²) in [5, 5.41) is 9.91. The molecule has 0 atom stereocenters. The number of aliphatic carboxylic acids is 1. The molecule has 10 heteroatoms. The van der Waals surface area contributed by atoms with Crippen molar-refractivity contribution in [1.29, 1.82) is 0 Å². The summed E-state index contributed by atoms with van der Waals surface area (Å²) in [6.45, 7) is 8.25. The van der Waals surface area contributed by atoms with Gasteiger partial charge < -0.3 is 14.2 Å². The smallest absolute Gasteiger partial charge is 0.339 e. The number of rotatable bonds is 7. The van der Waals surface area contributed by atoms with Crippen LogP contribution in [0.4, 0.5) is 0 Å². The van der Waals surface area contributed by atoms with Crippen molar-refractivity contribution in [3.05, 3.63) is 81.7 Å². The molecule has 2 aliphatic carbocycles. The highest BCUT2D eigenvalue weighted by molar-refractivity contribution is 7.87. The summed E-state index contributed by atoms with van der Waals surface area (Å²) in [5.41, 5.74) is 2.60. The van der Waals surface area contributed by atoms with Crippen molar-refractivity contribution in [2.75, 3.05) is 6.54 Å². The van der Waals surface area contributed by atoms with Crippen molar-refractivity contribution < 1.29 is 32.1 Å². The third-order valence-corrected chi connectivity index (χ3v) is 9.61. The number of carboxylic acids is 1. The topological polar surface area (TPSA) is 118 Å². The van der Waals surface area contributed by atoms with E-state index in [1.807, 2.05) is 32.6 Å². The summed E-state index contributed by atoms with van der Waals surface area (Å²) >= 11 is 5.88. The molecule has 1 heterocycles. The maximum atomic E-state index is 13.8. The SMILES string of the molecule is CC1(C)CC(=O)C2=C(C1)N(CCC(=O)O)C1=C(C(=O)CC(C)(C)C1)C2c1ccc(OS(=O)(=O)c2ccc(Cl)cc2)cc1. The zero-order valence-corrected chi connectivity index (χ0v) is 25.6. The first-order valence-electron chi connectivity index (χ1n) is 13.9. The lowest BCUT2D eigenvalue weighted by Gasteiger charge is -2.49. The van der Waals surface area contributed by atoms with Crippen LogP contribution in [0.25, 0.3) is 0 Å². The molecule has 0 spiro atoms. The van der Waals surface area contributed by atoms with Crippen molar-refractivity contribution in [1.82, 2.24) is 4.90 Å². The summed E-state index contributed by atoms with van der Waals surface area (Å²) in [5.74, 6) is -1.63. The van der Waals surface area contributed by atoms with Crippen LogP contribution in [0, 0.1) is 10.8 Å². The normalized spacial score (nSPS) is 20.4. The van der Waals surface area contributed by atoms with E-state index < -0.39 is 22.0 Å². The van der Waals surface area contributed by atoms with Gasteiger partial charge in [0.05, 0.1) is 6.42 Å². The Morgan fingerprint density at radius 2 is 1.38 bits per heavy atom. The van der Waals surface area contributed by atoms with Crippen LogP contribution in [0.5, 0.6) is 5.75 Å². The van der Waals surface area contributed by atoms with Crippen molar-refractivity contribution in [2.24, 2.45) is 10.8 Å². The van der Waals surface area contributed by atoms with Gasteiger partial charge in [-0.2, -0.15) is 8.42 Å². The van der Waals surface area contributed by atoms with Gasteiger partial charge in [0.15, 0.2) is 11.6 Å². The number of benzene rings is 2. The van der Waals surface area contributed by atoms with E-state index in [9.17, 15) is 27.9 Å². The van der Waals surface area contributed by atoms with Crippen LogP contribution in [-0.2, 0) is 24.5 Å². The van der Waals surface area contributed by atoms with Gasteiger partial charge in [0, 0.05) is 52.9 Å². The molecule has 0 fully saturated rings. The zero-order chi connectivity index (χ0) is 30.6. The number of carbonyl (C=O) groups excluding carboxylic acids is 2. The Morgan fingerprint density at radius 1 is 0.881 bits per heavy atom. The largest absolute Gasteiger partial charge is 0.481 e. The third kappa shape index (κ3) is 5.90. The Labute approximate surface area is 251 Å². The standard InChI is InChI=1S/C32H34ClNO7S/c1-31(2)15-23-29(25(35)17-31)28(30-24(34(23)14-13-27(37)38)16-32(3,4)18-26(30)36)19-5-9-21(10-6-19)41-42(39,40)22-11-7-20(33)8-12-22/h5-12,28H,13-18H2,1-4H3,(H,37,38). The highest BCUT2D eigenvalue weighted by Crippen LogP contribution is 2.54. The molecule has 2 aromatic rings. The van der Waals surface area contributed by atoms with E-state index in [0.717, 1.165) is 11.4 Å². The average molecular weight is 612 g/mol. The zero-order valence-electron chi connectivity index (χ0n) is 24.1. The van der Waals surface area contributed by atoms with Crippen LogP contribution in [0.1, 0.15) is 71.3 Å². The Balaban J connectivity index is 1.59. The predicted molar refractivity (Wildman–Crippen MR) is 158 cm³/mol.